The van der Waals surface area contributed by atoms with E-state index in [-0.39, 0.29) is 5.41 Å². The van der Waals surface area contributed by atoms with E-state index in [0.717, 1.165) is 34.4 Å². The van der Waals surface area contributed by atoms with Gasteiger partial charge in [-0.3, -0.25) is 0 Å². The van der Waals surface area contributed by atoms with E-state index in [4.69, 9.17) is 15.0 Å². The molecule has 3 nitrogen and oxygen atoms in total. The van der Waals surface area contributed by atoms with Gasteiger partial charge in [-0.25, -0.2) is 15.0 Å². The molecule has 1 spiro atoms. The molecule has 212 valence electrons. The normalized spacial score (nSPS) is 25.8. The van der Waals surface area contributed by atoms with Crippen LogP contribution in [-0.4, -0.2) is 15.0 Å². The van der Waals surface area contributed by atoms with Gasteiger partial charge in [0.1, 0.15) is 0 Å². The lowest BCUT2D eigenvalue weighted by atomic mass is 9.43. The predicted molar refractivity (Wildman–Crippen MR) is 177 cm³/mol. The zero-order valence-corrected chi connectivity index (χ0v) is 24.7. The fraction of sp³-hybridized carbons (Fsp3) is 0.244. The van der Waals surface area contributed by atoms with Crippen LogP contribution in [0.25, 0.3) is 56.1 Å². The number of hydrogen-bond acceptors (Lipinski definition) is 3. The Kier molecular flexibility index (Phi) is 5.17. The van der Waals surface area contributed by atoms with Gasteiger partial charge in [0.25, 0.3) is 0 Å². The van der Waals surface area contributed by atoms with Crippen LogP contribution in [0.1, 0.15) is 43.2 Å². The molecule has 1 aromatic heterocycles. The molecule has 4 bridgehead atoms. The summed E-state index contributed by atoms with van der Waals surface area (Å²) in [5.41, 5.74) is 9.17. The number of hydrogen-bond donors (Lipinski definition) is 0. The molecule has 11 rings (SSSR count). The van der Waals surface area contributed by atoms with Gasteiger partial charge < -0.3 is 0 Å². The van der Waals surface area contributed by atoms with Gasteiger partial charge in [0.2, 0.25) is 0 Å². The molecule has 3 heteroatoms. The minimum atomic E-state index is 0.0620. The van der Waals surface area contributed by atoms with Crippen molar-refractivity contribution in [2.24, 2.45) is 23.7 Å². The van der Waals surface area contributed by atoms with Crippen molar-refractivity contribution in [1.29, 1.82) is 0 Å². The van der Waals surface area contributed by atoms with Crippen LogP contribution in [0.5, 0.6) is 0 Å². The van der Waals surface area contributed by atoms with Crippen molar-refractivity contribution >= 4 is 10.8 Å². The Labute approximate surface area is 258 Å². The number of benzene rings is 5. The van der Waals surface area contributed by atoms with Gasteiger partial charge >= 0.3 is 0 Å². The van der Waals surface area contributed by atoms with Crippen molar-refractivity contribution in [3.63, 3.8) is 0 Å². The molecule has 0 radical (unpaired) electrons. The predicted octanol–water partition coefficient (Wildman–Crippen LogP) is 9.75. The second-order valence-electron chi connectivity index (χ2n) is 13.7. The molecule has 0 N–H and O–H groups in total. The lowest BCUT2D eigenvalue weighted by molar-refractivity contribution is -0.0393. The van der Waals surface area contributed by atoms with Crippen molar-refractivity contribution in [3.8, 4) is 45.3 Å². The Bertz CT molecular complexity index is 2000. The minimum Gasteiger partial charge on any atom is -0.208 e. The highest BCUT2D eigenvalue weighted by molar-refractivity contribution is 5.98. The lowest BCUT2D eigenvalue weighted by Crippen LogP contribution is -2.55. The van der Waals surface area contributed by atoms with E-state index in [1.165, 1.54) is 59.6 Å². The number of rotatable bonds is 3. The third kappa shape index (κ3) is 3.41. The third-order valence-corrected chi connectivity index (χ3v) is 11.5. The van der Waals surface area contributed by atoms with Gasteiger partial charge in [-0.2, -0.15) is 0 Å². The molecular weight excluding hydrogens is 534 g/mol. The summed E-state index contributed by atoms with van der Waals surface area (Å²) in [5.74, 6) is 5.37. The molecular formula is C41H33N3. The van der Waals surface area contributed by atoms with Crippen LogP contribution in [-0.2, 0) is 5.41 Å². The maximum absolute atomic E-state index is 5.13. The second kappa shape index (κ2) is 9.19. The summed E-state index contributed by atoms with van der Waals surface area (Å²) >= 11 is 0. The first-order chi connectivity index (χ1) is 21.8. The minimum absolute atomic E-state index is 0.0620. The topological polar surface area (TPSA) is 38.7 Å². The fourth-order valence-corrected chi connectivity index (χ4v) is 10.1. The first kappa shape index (κ1) is 24.8. The second-order valence-corrected chi connectivity index (χ2v) is 13.7. The number of aromatic nitrogens is 3. The Morgan fingerprint density at radius 1 is 0.477 bits per heavy atom. The largest absolute Gasteiger partial charge is 0.208 e. The van der Waals surface area contributed by atoms with Crippen LogP contribution < -0.4 is 0 Å². The summed E-state index contributed by atoms with van der Waals surface area (Å²) in [6.45, 7) is 0. The molecule has 5 aliphatic carbocycles. The number of fused-ring (bicyclic) bond motifs is 5. The molecule has 5 aromatic carbocycles. The van der Waals surface area contributed by atoms with Crippen molar-refractivity contribution in [3.05, 3.63) is 126 Å². The highest BCUT2D eigenvalue weighted by Crippen LogP contribution is 2.70. The molecule has 4 saturated carbocycles. The third-order valence-electron chi connectivity index (χ3n) is 11.5. The van der Waals surface area contributed by atoms with Crippen molar-refractivity contribution in [2.75, 3.05) is 0 Å². The Morgan fingerprint density at radius 3 is 1.66 bits per heavy atom. The average molecular weight is 568 g/mol. The van der Waals surface area contributed by atoms with Crippen LogP contribution >= 0.6 is 0 Å². The first-order valence-corrected chi connectivity index (χ1v) is 16.3. The molecule has 0 aliphatic heterocycles. The van der Waals surface area contributed by atoms with Crippen molar-refractivity contribution in [2.45, 2.75) is 37.5 Å². The zero-order chi connectivity index (χ0) is 28.8. The smallest absolute Gasteiger partial charge is 0.164 e. The van der Waals surface area contributed by atoms with Gasteiger partial charge in [0.05, 0.1) is 0 Å². The van der Waals surface area contributed by atoms with E-state index >= 15 is 0 Å². The summed E-state index contributed by atoms with van der Waals surface area (Å²) in [5, 5.41) is 2.82. The van der Waals surface area contributed by atoms with E-state index in [9.17, 15) is 0 Å². The molecule has 4 fully saturated rings. The van der Waals surface area contributed by atoms with Gasteiger partial charge in [0.15, 0.2) is 17.5 Å². The molecule has 0 unspecified atom stereocenters. The summed E-state index contributed by atoms with van der Waals surface area (Å²) in [6, 6.07) is 41.6. The van der Waals surface area contributed by atoms with Gasteiger partial charge in [-0.05, 0) is 94.9 Å². The van der Waals surface area contributed by atoms with Crippen molar-refractivity contribution < 1.29 is 0 Å². The maximum atomic E-state index is 5.13. The molecule has 0 amide bonds. The van der Waals surface area contributed by atoms with Gasteiger partial charge in [-0.1, -0.05) is 109 Å². The quantitative estimate of drug-likeness (QED) is 0.214. The zero-order valence-electron chi connectivity index (χ0n) is 24.7. The molecule has 5 aliphatic rings. The highest BCUT2D eigenvalue weighted by Gasteiger charge is 2.62. The molecule has 0 saturated heterocycles. The van der Waals surface area contributed by atoms with E-state index in [1.807, 2.05) is 36.4 Å². The van der Waals surface area contributed by atoms with Gasteiger partial charge in [0, 0.05) is 22.1 Å². The SMILES string of the molecule is c1ccc(-c2nc(-c3ccccc3)nc(-c3ccc4c(c3)C3(c5c-4ccc4ccccc54)C4CC5CC(C4)CC3C5)n2)cc1. The Morgan fingerprint density at radius 2 is 1.02 bits per heavy atom. The average Bonchev–Trinajstić information content (AvgIpc) is 3.38. The van der Waals surface area contributed by atoms with E-state index in [2.05, 4.69) is 78.9 Å². The molecule has 6 aromatic rings. The van der Waals surface area contributed by atoms with Gasteiger partial charge in [-0.15, -0.1) is 0 Å². The van der Waals surface area contributed by atoms with Crippen LogP contribution in [0.2, 0.25) is 0 Å². The summed E-state index contributed by atoms with van der Waals surface area (Å²) in [4.78, 5) is 15.2. The molecule has 1 heterocycles. The summed E-state index contributed by atoms with van der Waals surface area (Å²) in [7, 11) is 0. The Balaban J connectivity index is 1.22. The van der Waals surface area contributed by atoms with Crippen LogP contribution in [0.3, 0.4) is 0 Å². The summed E-state index contributed by atoms with van der Waals surface area (Å²) < 4.78 is 0. The van der Waals surface area contributed by atoms with Crippen LogP contribution in [0.4, 0.5) is 0 Å². The first-order valence-electron chi connectivity index (χ1n) is 16.3. The fourth-order valence-electron chi connectivity index (χ4n) is 10.1. The standard InChI is InChI=1S/C41H33N3/c1-3-10-28(11-4-1)38-42-39(29-12-5-2-6-13-29)44-40(43-38)30-16-17-34-35-18-15-27-9-7-8-14-33(27)37(35)41(36(34)24-30)31-20-25-19-26(22-31)23-32(41)21-25/h1-18,24-26,31-32H,19-23H2. The molecule has 44 heavy (non-hydrogen) atoms. The van der Waals surface area contributed by atoms with E-state index in [0.29, 0.717) is 23.5 Å². The Hall–Kier alpha value is -4.63. The molecule has 0 atom stereocenters. The van der Waals surface area contributed by atoms with E-state index in [1.54, 1.807) is 5.56 Å². The van der Waals surface area contributed by atoms with E-state index < -0.39 is 0 Å². The monoisotopic (exact) mass is 567 g/mol. The lowest BCUT2D eigenvalue weighted by Gasteiger charge is -2.61. The van der Waals surface area contributed by atoms with Crippen LogP contribution in [0.15, 0.2) is 115 Å². The van der Waals surface area contributed by atoms with Crippen LogP contribution in [0, 0.1) is 23.7 Å². The summed E-state index contributed by atoms with van der Waals surface area (Å²) in [6.07, 6.45) is 6.90. The number of nitrogens with zero attached hydrogens (tertiary/aromatic N) is 3. The highest BCUT2D eigenvalue weighted by atomic mass is 15.0. The maximum Gasteiger partial charge on any atom is 0.164 e. The van der Waals surface area contributed by atoms with Crippen molar-refractivity contribution in [1.82, 2.24) is 15.0 Å².